The van der Waals surface area contributed by atoms with E-state index in [2.05, 4.69) is 4.72 Å². The van der Waals surface area contributed by atoms with Gasteiger partial charge in [-0.1, -0.05) is 6.07 Å². The van der Waals surface area contributed by atoms with Crippen molar-refractivity contribution in [2.75, 3.05) is 34.3 Å². The van der Waals surface area contributed by atoms with Crippen LogP contribution >= 0.6 is 0 Å². The first-order valence-electron chi connectivity index (χ1n) is 5.83. The number of sulfonamides is 1. The van der Waals surface area contributed by atoms with Gasteiger partial charge in [-0.2, -0.15) is 0 Å². The lowest BCUT2D eigenvalue weighted by Crippen LogP contribution is -2.31. The number of methoxy groups -OCH3 is 1. The predicted octanol–water partition coefficient (Wildman–Crippen LogP) is 0.0274. The van der Waals surface area contributed by atoms with Crippen LogP contribution in [0.25, 0.3) is 0 Å². The van der Waals surface area contributed by atoms with Gasteiger partial charge in [0, 0.05) is 13.1 Å². The average molecular weight is 288 g/mol. The molecule has 0 unspecified atom stereocenters. The first-order valence-corrected chi connectivity index (χ1v) is 7.31. The minimum atomic E-state index is -3.61. The molecule has 0 aliphatic heterocycles. The molecule has 0 radical (unpaired) electrons. The fourth-order valence-electron chi connectivity index (χ4n) is 1.51. The summed E-state index contributed by atoms with van der Waals surface area (Å²) in [6.45, 7) is 0.765. The number of ether oxygens (including phenoxy) is 1. The second kappa shape index (κ2) is 6.85. The van der Waals surface area contributed by atoms with Crippen molar-refractivity contribution in [3.63, 3.8) is 0 Å². The van der Waals surface area contributed by atoms with Crippen LogP contribution in [0.1, 0.15) is 5.56 Å². The molecule has 6 nitrogen and oxygen atoms in total. The van der Waals surface area contributed by atoms with Gasteiger partial charge in [-0.15, -0.1) is 0 Å². The van der Waals surface area contributed by atoms with Gasteiger partial charge in [0.15, 0.2) is 0 Å². The Balaban J connectivity index is 2.94. The lowest BCUT2D eigenvalue weighted by molar-refractivity contribution is 0.280. The standard InChI is InChI=1S/C12H20N2O4S/c1-14(2)7-6-13-19(16,17)12-5-4-10(9-15)8-11(12)18-3/h4-5,8,13,15H,6-7,9H2,1-3H3. The van der Waals surface area contributed by atoms with E-state index in [-0.39, 0.29) is 17.3 Å². The Hall–Kier alpha value is -1.15. The fourth-order valence-corrected chi connectivity index (χ4v) is 2.68. The first-order chi connectivity index (χ1) is 8.90. The number of rotatable bonds is 7. The van der Waals surface area contributed by atoms with Gasteiger partial charge in [0.1, 0.15) is 10.6 Å². The number of hydrogen-bond donors (Lipinski definition) is 2. The zero-order chi connectivity index (χ0) is 14.5. The normalized spacial score (nSPS) is 11.8. The van der Waals surface area contributed by atoms with Crippen LogP contribution in [0.4, 0.5) is 0 Å². The van der Waals surface area contributed by atoms with Crippen LogP contribution in [-0.4, -0.2) is 52.7 Å². The summed E-state index contributed by atoms with van der Waals surface area (Å²) in [5.41, 5.74) is 0.601. The highest BCUT2D eigenvalue weighted by atomic mass is 32.2. The van der Waals surface area contributed by atoms with E-state index >= 15 is 0 Å². The van der Waals surface area contributed by atoms with E-state index in [9.17, 15) is 8.42 Å². The van der Waals surface area contributed by atoms with Crippen molar-refractivity contribution in [2.45, 2.75) is 11.5 Å². The number of aliphatic hydroxyl groups is 1. The molecule has 19 heavy (non-hydrogen) atoms. The lowest BCUT2D eigenvalue weighted by atomic mass is 10.2. The molecule has 7 heteroatoms. The van der Waals surface area contributed by atoms with E-state index in [1.165, 1.54) is 19.2 Å². The van der Waals surface area contributed by atoms with E-state index < -0.39 is 10.0 Å². The molecule has 0 aromatic heterocycles. The molecule has 0 aliphatic rings. The second-order valence-corrected chi connectivity index (χ2v) is 6.08. The molecular weight excluding hydrogens is 268 g/mol. The molecule has 0 atom stereocenters. The SMILES string of the molecule is COc1cc(CO)ccc1S(=O)(=O)NCCN(C)C. The molecule has 0 fully saturated rings. The second-order valence-electron chi connectivity index (χ2n) is 4.34. The number of hydrogen-bond acceptors (Lipinski definition) is 5. The minimum absolute atomic E-state index is 0.0750. The highest BCUT2D eigenvalue weighted by Gasteiger charge is 2.19. The lowest BCUT2D eigenvalue weighted by Gasteiger charge is -2.13. The third kappa shape index (κ3) is 4.46. The molecule has 0 heterocycles. The predicted molar refractivity (Wildman–Crippen MR) is 72.7 cm³/mol. The molecule has 0 aliphatic carbocycles. The van der Waals surface area contributed by atoms with Crippen LogP contribution in [0.15, 0.2) is 23.1 Å². The summed E-state index contributed by atoms with van der Waals surface area (Å²) >= 11 is 0. The number of aliphatic hydroxyl groups excluding tert-OH is 1. The summed E-state index contributed by atoms with van der Waals surface area (Å²) in [5.74, 6) is 0.226. The van der Waals surface area contributed by atoms with Crippen LogP contribution in [0.2, 0.25) is 0 Å². The third-order valence-corrected chi connectivity index (χ3v) is 4.05. The maximum atomic E-state index is 12.1. The van der Waals surface area contributed by atoms with Crippen LogP contribution in [0.5, 0.6) is 5.75 Å². The highest BCUT2D eigenvalue weighted by Crippen LogP contribution is 2.24. The molecule has 2 N–H and O–H groups in total. The van der Waals surface area contributed by atoms with E-state index in [4.69, 9.17) is 9.84 Å². The van der Waals surface area contributed by atoms with Crippen molar-refractivity contribution >= 4 is 10.0 Å². The summed E-state index contributed by atoms with van der Waals surface area (Å²) in [5, 5.41) is 9.03. The van der Waals surface area contributed by atoms with Gasteiger partial charge < -0.3 is 14.7 Å². The Morgan fingerprint density at radius 2 is 2.05 bits per heavy atom. The fraction of sp³-hybridized carbons (Fsp3) is 0.500. The minimum Gasteiger partial charge on any atom is -0.495 e. The van der Waals surface area contributed by atoms with Crippen LogP contribution in [0, 0.1) is 0 Å². The number of nitrogens with one attached hydrogen (secondary N) is 1. The van der Waals surface area contributed by atoms with Crippen molar-refractivity contribution < 1.29 is 18.3 Å². The van der Waals surface area contributed by atoms with Gasteiger partial charge in [-0.05, 0) is 31.8 Å². The van der Waals surface area contributed by atoms with Crippen molar-refractivity contribution in [2.24, 2.45) is 0 Å². The molecule has 0 saturated carbocycles. The Morgan fingerprint density at radius 1 is 1.37 bits per heavy atom. The Bertz CT molecular complexity index is 514. The van der Waals surface area contributed by atoms with E-state index in [1.54, 1.807) is 6.07 Å². The zero-order valence-corrected chi connectivity index (χ0v) is 12.2. The van der Waals surface area contributed by atoms with Crippen molar-refractivity contribution in [3.05, 3.63) is 23.8 Å². The van der Waals surface area contributed by atoms with Gasteiger partial charge in [0.2, 0.25) is 10.0 Å². The topological polar surface area (TPSA) is 78.9 Å². The Kier molecular flexibility index (Phi) is 5.74. The largest absolute Gasteiger partial charge is 0.495 e. The maximum Gasteiger partial charge on any atom is 0.244 e. The molecule has 1 aromatic rings. The molecule has 108 valence electrons. The van der Waals surface area contributed by atoms with Gasteiger partial charge in [-0.25, -0.2) is 13.1 Å². The van der Waals surface area contributed by atoms with Gasteiger partial charge in [-0.3, -0.25) is 0 Å². The summed E-state index contributed by atoms with van der Waals surface area (Å²) in [7, 11) is 1.52. The van der Waals surface area contributed by atoms with E-state index in [1.807, 2.05) is 19.0 Å². The molecule has 0 spiro atoms. The molecule has 1 rings (SSSR count). The van der Waals surface area contributed by atoms with Crippen LogP contribution in [-0.2, 0) is 16.6 Å². The van der Waals surface area contributed by atoms with Gasteiger partial charge in [0.05, 0.1) is 13.7 Å². The molecule has 0 amide bonds. The average Bonchev–Trinajstić information content (AvgIpc) is 2.37. The van der Waals surface area contributed by atoms with Gasteiger partial charge in [0.25, 0.3) is 0 Å². The highest BCUT2D eigenvalue weighted by molar-refractivity contribution is 7.89. The number of nitrogens with zero attached hydrogens (tertiary/aromatic N) is 1. The molecule has 1 aromatic carbocycles. The number of benzene rings is 1. The maximum absolute atomic E-state index is 12.1. The van der Waals surface area contributed by atoms with E-state index in [0.717, 1.165) is 0 Å². The Labute approximate surface area is 114 Å². The van der Waals surface area contributed by atoms with Crippen LogP contribution < -0.4 is 9.46 Å². The summed E-state index contributed by atoms with van der Waals surface area (Å²) in [4.78, 5) is 1.96. The van der Waals surface area contributed by atoms with Crippen molar-refractivity contribution in [3.8, 4) is 5.75 Å². The summed E-state index contributed by atoms with van der Waals surface area (Å²) < 4.78 is 31.8. The molecular formula is C12H20N2O4S. The summed E-state index contributed by atoms with van der Waals surface area (Å²) in [6, 6.07) is 4.51. The van der Waals surface area contributed by atoms with Crippen molar-refractivity contribution in [1.29, 1.82) is 0 Å². The van der Waals surface area contributed by atoms with Crippen molar-refractivity contribution in [1.82, 2.24) is 9.62 Å². The van der Waals surface area contributed by atoms with Gasteiger partial charge >= 0.3 is 0 Å². The number of likely N-dealkylation sites (N-methyl/N-ethyl adjacent to an activating group) is 1. The molecule has 0 bridgehead atoms. The van der Waals surface area contributed by atoms with E-state index in [0.29, 0.717) is 18.7 Å². The monoisotopic (exact) mass is 288 g/mol. The third-order valence-electron chi connectivity index (χ3n) is 2.55. The summed E-state index contributed by atoms with van der Waals surface area (Å²) in [6.07, 6.45) is 0. The quantitative estimate of drug-likeness (QED) is 0.740. The smallest absolute Gasteiger partial charge is 0.244 e. The first kappa shape index (κ1) is 15.9. The Morgan fingerprint density at radius 3 is 2.58 bits per heavy atom. The zero-order valence-electron chi connectivity index (χ0n) is 11.4. The molecule has 0 saturated heterocycles. The van der Waals surface area contributed by atoms with Crippen LogP contribution in [0.3, 0.4) is 0 Å².